The number of anilines is 1. The molecule has 0 saturated heterocycles. The van der Waals surface area contributed by atoms with Crippen molar-refractivity contribution in [1.29, 1.82) is 0 Å². The Morgan fingerprint density at radius 1 is 1.00 bits per heavy atom. The average molecular weight is 467 g/mol. The molecular formula is C21H17Cl2FN2O3S. The lowest BCUT2D eigenvalue weighted by Crippen LogP contribution is -2.24. The number of benzene rings is 3. The highest BCUT2D eigenvalue weighted by molar-refractivity contribution is 7.89. The van der Waals surface area contributed by atoms with Crippen LogP contribution in [-0.2, 0) is 16.6 Å². The minimum atomic E-state index is -4.01. The molecule has 0 saturated carbocycles. The highest BCUT2D eigenvalue weighted by atomic mass is 35.5. The van der Waals surface area contributed by atoms with Gasteiger partial charge in [0.25, 0.3) is 5.91 Å². The maximum absolute atomic E-state index is 14.3. The summed E-state index contributed by atoms with van der Waals surface area (Å²) >= 11 is 12.1. The molecule has 5 nitrogen and oxygen atoms in total. The van der Waals surface area contributed by atoms with Crippen LogP contribution >= 0.6 is 23.2 Å². The van der Waals surface area contributed by atoms with Crippen molar-refractivity contribution in [3.63, 3.8) is 0 Å². The molecular weight excluding hydrogens is 450 g/mol. The van der Waals surface area contributed by atoms with Crippen molar-refractivity contribution >= 4 is 44.8 Å². The van der Waals surface area contributed by atoms with Crippen LogP contribution in [0.15, 0.2) is 65.6 Å². The molecule has 3 aromatic rings. The number of sulfonamides is 1. The van der Waals surface area contributed by atoms with Gasteiger partial charge in [0.05, 0.1) is 10.5 Å². The van der Waals surface area contributed by atoms with Crippen LogP contribution in [-0.4, -0.2) is 14.3 Å². The van der Waals surface area contributed by atoms with E-state index in [1.54, 1.807) is 49.4 Å². The Kier molecular flexibility index (Phi) is 6.77. The number of rotatable bonds is 6. The van der Waals surface area contributed by atoms with E-state index in [1.165, 1.54) is 0 Å². The number of halogens is 3. The number of hydrogen-bond acceptors (Lipinski definition) is 3. The molecule has 2 N–H and O–H groups in total. The molecule has 0 atom stereocenters. The van der Waals surface area contributed by atoms with E-state index in [4.69, 9.17) is 23.2 Å². The fraction of sp³-hybridized carbons (Fsp3) is 0.0952. The van der Waals surface area contributed by atoms with Crippen molar-refractivity contribution in [2.24, 2.45) is 0 Å². The summed E-state index contributed by atoms with van der Waals surface area (Å²) < 4.78 is 41.9. The van der Waals surface area contributed by atoms with Gasteiger partial charge in [-0.1, -0.05) is 47.5 Å². The molecule has 156 valence electrons. The molecule has 1 amide bonds. The van der Waals surface area contributed by atoms with Crippen molar-refractivity contribution in [1.82, 2.24) is 4.72 Å². The van der Waals surface area contributed by atoms with Gasteiger partial charge in [-0.15, -0.1) is 0 Å². The Labute approximate surface area is 183 Å². The number of carbonyl (C=O) groups excluding carboxylic acids is 1. The molecule has 0 aliphatic heterocycles. The van der Waals surface area contributed by atoms with Gasteiger partial charge in [-0.05, 0) is 54.4 Å². The van der Waals surface area contributed by atoms with Gasteiger partial charge in [0.15, 0.2) is 0 Å². The van der Waals surface area contributed by atoms with Crippen LogP contribution < -0.4 is 10.0 Å². The molecule has 0 aromatic heterocycles. The first-order valence-corrected chi connectivity index (χ1v) is 11.0. The second-order valence-corrected chi connectivity index (χ2v) is 9.01. The first-order valence-electron chi connectivity index (χ1n) is 8.78. The highest BCUT2D eigenvalue weighted by Crippen LogP contribution is 2.24. The molecule has 0 heterocycles. The van der Waals surface area contributed by atoms with Crippen LogP contribution in [0.1, 0.15) is 21.5 Å². The van der Waals surface area contributed by atoms with Gasteiger partial charge in [-0.25, -0.2) is 17.5 Å². The van der Waals surface area contributed by atoms with E-state index in [0.717, 1.165) is 18.2 Å². The first kappa shape index (κ1) is 22.2. The van der Waals surface area contributed by atoms with E-state index >= 15 is 0 Å². The van der Waals surface area contributed by atoms with Gasteiger partial charge in [-0.3, -0.25) is 4.79 Å². The van der Waals surface area contributed by atoms with Crippen LogP contribution in [0, 0.1) is 12.7 Å². The van der Waals surface area contributed by atoms with Crippen LogP contribution in [0.4, 0.5) is 10.1 Å². The highest BCUT2D eigenvalue weighted by Gasteiger charge is 2.20. The van der Waals surface area contributed by atoms with Crippen LogP contribution in [0.2, 0.25) is 10.0 Å². The van der Waals surface area contributed by atoms with Gasteiger partial charge in [0, 0.05) is 22.3 Å². The number of nitrogens with one attached hydrogen (secondary N) is 2. The van der Waals surface area contributed by atoms with Crippen molar-refractivity contribution in [2.75, 3.05) is 5.32 Å². The zero-order valence-electron chi connectivity index (χ0n) is 15.7. The maximum atomic E-state index is 14.3. The smallest absolute Gasteiger partial charge is 0.258 e. The predicted octanol–water partition coefficient (Wildman–Crippen LogP) is 5.17. The van der Waals surface area contributed by atoms with E-state index in [9.17, 15) is 17.6 Å². The molecule has 3 rings (SSSR count). The molecule has 0 aliphatic rings. The number of carbonyl (C=O) groups is 1. The van der Waals surface area contributed by atoms with Gasteiger partial charge in [-0.2, -0.15) is 0 Å². The third-order valence-electron chi connectivity index (χ3n) is 4.42. The lowest BCUT2D eigenvalue weighted by Gasteiger charge is -2.12. The van der Waals surface area contributed by atoms with Crippen LogP contribution in [0.25, 0.3) is 0 Å². The quantitative estimate of drug-likeness (QED) is 0.525. The summed E-state index contributed by atoms with van der Waals surface area (Å²) in [6, 6.07) is 14.7. The van der Waals surface area contributed by atoms with Crippen molar-refractivity contribution in [2.45, 2.75) is 18.4 Å². The molecule has 0 unspecified atom stereocenters. The molecule has 3 aromatic carbocycles. The van der Waals surface area contributed by atoms with E-state index in [2.05, 4.69) is 10.0 Å². The van der Waals surface area contributed by atoms with Gasteiger partial charge in [0.2, 0.25) is 10.0 Å². The fourth-order valence-electron chi connectivity index (χ4n) is 2.68. The summed E-state index contributed by atoms with van der Waals surface area (Å²) in [5.41, 5.74) is 1.18. The minimum absolute atomic E-state index is 0.0530. The molecule has 0 fully saturated rings. The minimum Gasteiger partial charge on any atom is -0.322 e. The zero-order valence-corrected chi connectivity index (χ0v) is 18.1. The Morgan fingerprint density at radius 3 is 2.43 bits per heavy atom. The van der Waals surface area contributed by atoms with E-state index in [-0.39, 0.29) is 11.4 Å². The Morgan fingerprint density at radius 2 is 1.70 bits per heavy atom. The van der Waals surface area contributed by atoms with E-state index in [0.29, 0.717) is 26.9 Å². The number of hydrogen-bond donors (Lipinski definition) is 2. The molecule has 0 aliphatic carbocycles. The van der Waals surface area contributed by atoms with Gasteiger partial charge >= 0.3 is 0 Å². The Balaban J connectivity index is 1.84. The predicted molar refractivity (Wildman–Crippen MR) is 116 cm³/mol. The van der Waals surface area contributed by atoms with Crippen LogP contribution in [0.3, 0.4) is 0 Å². The lowest BCUT2D eigenvalue weighted by atomic mass is 10.1. The monoisotopic (exact) mass is 466 g/mol. The Bertz CT molecular complexity index is 1220. The SMILES string of the molecule is Cc1c(Cl)cccc1NC(=O)c1cc(S(=O)(=O)NCc2ccccc2Cl)ccc1F. The van der Waals surface area contributed by atoms with Crippen molar-refractivity contribution < 1.29 is 17.6 Å². The zero-order chi connectivity index (χ0) is 21.9. The first-order chi connectivity index (χ1) is 14.2. The number of amides is 1. The summed E-state index contributed by atoms with van der Waals surface area (Å²) in [7, 11) is -4.01. The third kappa shape index (κ3) is 4.99. The van der Waals surface area contributed by atoms with E-state index < -0.39 is 27.3 Å². The molecule has 0 bridgehead atoms. The normalized spacial score (nSPS) is 11.3. The maximum Gasteiger partial charge on any atom is 0.258 e. The van der Waals surface area contributed by atoms with Crippen LogP contribution in [0.5, 0.6) is 0 Å². The third-order valence-corrected chi connectivity index (χ3v) is 6.60. The topological polar surface area (TPSA) is 75.3 Å². The lowest BCUT2D eigenvalue weighted by molar-refractivity contribution is 0.102. The molecule has 0 spiro atoms. The van der Waals surface area contributed by atoms with Crippen molar-refractivity contribution in [3.8, 4) is 0 Å². The van der Waals surface area contributed by atoms with Gasteiger partial charge < -0.3 is 5.32 Å². The standard InChI is InChI=1S/C21H17Cl2FN2O3S/c1-13-17(22)7-4-8-20(13)26-21(27)16-11-15(9-10-19(16)24)30(28,29)25-12-14-5-2-3-6-18(14)23/h2-11,25H,12H2,1H3,(H,26,27). The summed E-state index contributed by atoms with van der Waals surface area (Å²) in [5.74, 6) is -1.64. The summed E-state index contributed by atoms with van der Waals surface area (Å²) in [5, 5.41) is 3.41. The van der Waals surface area contributed by atoms with Gasteiger partial charge in [0.1, 0.15) is 5.82 Å². The Hall–Kier alpha value is -2.45. The molecule has 9 heteroatoms. The largest absolute Gasteiger partial charge is 0.322 e. The molecule has 0 radical (unpaired) electrons. The second-order valence-electron chi connectivity index (χ2n) is 6.42. The summed E-state index contributed by atoms with van der Waals surface area (Å²) in [6.45, 7) is 1.65. The average Bonchev–Trinajstić information content (AvgIpc) is 2.71. The van der Waals surface area contributed by atoms with E-state index in [1.807, 2.05) is 0 Å². The summed E-state index contributed by atoms with van der Waals surface area (Å²) in [4.78, 5) is 12.3. The fourth-order valence-corrected chi connectivity index (χ4v) is 4.09. The molecule has 30 heavy (non-hydrogen) atoms. The summed E-state index contributed by atoms with van der Waals surface area (Å²) in [6.07, 6.45) is 0. The van der Waals surface area contributed by atoms with Crippen molar-refractivity contribution in [3.05, 3.63) is 93.2 Å². The second kappa shape index (κ2) is 9.14.